The lowest BCUT2D eigenvalue weighted by Crippen LogP contribution is -2.34. The molecule has 0 aromatic heterocycles. The molecular weight excluding hydrogens is 292 g/mol. The van der Waals surface area contributed by atoms with E-state index >= 15 is 0 Å². The Morgan fingerprint density at radius 3 is 2.26 bits per heavy atom. The normalized spacial score (nSPS) is 15.8. The molecule has 1 amide bonds. The number of carbonyl (C=O) groups excluding carboxylic acids is 1. The highest BCUT2D eigenvalue weighted by Crippen LogP contribution is 2.14. The summed E-state index contributed by atoms with van der Waals surface area (Å²) in [6.45, 7) is 11.3. The molecule has 0 bridgehead atoms. The fraction of sp³-hybridized carbons (Fsp3) is 0.944. The van der Waals surface area contributed by atoms with Crippen LogP contribution in [0.25, 0.3) is 0 Å². The molecule has 5 heteroatoms. The van der Waals surface area contributed by atoms with E-state index in [0.717, 1.165) is 45.5 Å². The molecule has 1 fully saturated rings. The van der Waals surface area contributed by atoms with Gasteiger partial charge in [0.2, 0.25) is 0 Å². The van der Waals surface area contributed by atoms with Gasteiger partial charge >= 0.3 is 6.09 Å². The Kier molecular flexibility index (Phi) is 12.1. The van der Waals surface area contributed by atoms with E-state index < -0.39 is 0 Å². The number of hydrogen-bond donors (Lipinski definition) is 1. The molecular formula is C18H38N2O3. The van der Waals surface area contributed by atoms with Gasteiger partial charge in [-0.05, 0) is 58.9 Å². The fourth-order valence-corrected chi connectivity index (χ4v) is 2.50. The topological polar surface area (TPSA) is 64.8 Å². The zero-order valence-corrected chi connectivity index (χ0v) is 15.9. The molecule has 1 heterocycles. The SMILES string of the molecule is CC(C)(C)OC(=O)N1CCCC1.CCCCC(CCN)COC. The summed E-state index contributed by atoms with van der Waals surface area (Å²) < 4.78 is 10.3. The highest BCUT2D eigenvalue weighted by Gasteiger charge is 2.23. The van der Waals surface area contributed by atoms with Crippen molar-refractivity contribution in [3.05, 3.63) is 0 Å². The summed E-state index contributed by atoms with van der Waals surface area (Å²) >= 11 is 0. The smallest absolute Gasteiger partial charge is 0.410 e. The molecule has 23 heavy (non-hydrogen) atoms. The number of amides is 1. The second kappa shape index (κ2) is 12.6. The van der Waals surface area contributed by atoms with Crippen LogP contribution in [0, 0.1) is 5.92 Å². The quantitative estimate of drug-likeness (QED) is 0.771. The van der Waals surface area contributed by atoms with Gasteiger partial charge in [-0.3, -0.25) is 0 Å². The Morgan fingerprint density at radius 2 is 1.83 bits per heavy atom. The molecule has 0 saturated carbocycles. The van der Waals surface area contributed by atoms with E-state index in [9.17, 15) is 4.79 Å². The lowest BCUT2D eigenvalue weighted by Gasteiger charge is -2.23. The third-order valence-electron chi connectivity index (χ3n) is 3.70. The Labute approximate surface area is 142 Å². The summed E-state index contributed by atoms with van der Waals surface area (Å²) in [5.41, 5.74) is 5.11. The van der Waals surface area contributed by atoms with Crippen molar-refractivity contribution in [3.8, 4) is 0 Å². The third kappa shape index (κ3) is 12.3. The molecule has 1 atom stereocenters. The maximum Gasteiger partial charge on any atom is 0.410 e. The molecule has 1 aliphatic heterocycles. The first-order chi connectivity index (χ1) is 10.8. The number of carbonyl (C=O) groups is 1. The predicted molar refractivity (Wildman–Crippen MR) is 95.6 cm³/mol. The van der Waals surface area contributed by atoms with Crippen LogP contribution in [-0.4, -0.2) is 49.9 Å². The van der Waals surface area contributed by atoms with Gasteiger partial charge in [0.05, 0.1) is 0 Å². The Morgan fingerprint density at radius 1 is 1.22 bits per heavy atom. The number of nitrogens with two attached hydrogens (primary N) is 1. The van der Waals surface area contributed by atoms with Crippen LogP contribution >= 0.6 is 0 Å². The van der Waals surface area contributed by atoms with Gasteiger partial charge in [-0.2, -0.15) is 0 Å². The first kappa shape index (κ1) is 22.2. The summed E-state index contributed by atoms with van der Waals surface area (Å²) in [7, 11) is 1.76. The molecule has 5 nitrogen and oxygen atoms in total. The van der Waals surface area contributed by atoms with E-state index in [-0.39, 0.29) is 11.7 Å². The van der Waals surface area contributed by atoms with Gasteiger partial charge in [-0.25, -0.2) is 4.79 Å². The highest BCUT2D eigenvalue weighted by atomic mass is 16.6. The number of likely N-dealkylation sites (tertiary alicyclic amines) is 1. The number of rotatable bonds is 7. The van der Waals surface area contributed by atoms with Gasteiger partial charge in [0.25, 0.3) is 0 Å². The van der Waals surface area contributed by atoms with Crippen LogP contribution in [0.1, 0.15) is 66.2 Å². The van der Waals surface area contributed by atoms with E-state index in [1.54, 1.807) is 12.0 Å². The minimum Gasteiger partial charge on any atom is -0.444 e. The Hall–Kier alpha value is -0.810. The van der Waals surface area contributed by atoms with Crippen molar-refractivity contribution >= 4 is 6.09 Å². The standard InChI is InChI=1S/C9H17NO2.C9H21NO/c1-9(2,3)12-8(11)10-6-4-5-7-10;1-3-4-5-9(6-7-10)8-11-2/h4-7H2,1-3H3;9H,3-8,10H2,1-2H3. The molecule has 0 radical (unpaired) electrons. The van der Waals surface area contributed by atoms with E-state index in [1.165, 1.54) is 19.3 Å². The average Bonchev–Trinajstić information content (AvgIpc) is 2.98. The minimum absolute atomic E-state index is 0.167. The Balaban J connectivity index is 0.000000423. The van der Waals surface area contributed by atoms with Gasteiger partial charge in [0.15, 0.2) is 0 Å². The van der Waals surface area contributed by atoms with Gasteiger partial charge < -0.3 is 20.1 Å². The number of ether oxygens (including phenoxy) is 2. The summed E-state index contributed by atoms with van der Waals surface area (Å²) in [5.74, 6) is 0.685. The zero-order chi connectivity index (χ0) is 17.7. The van der Waals surface area contributed by atoms with Crippen LogP contribution in [0.2, 0.25) is 0 Å². The minimum atomic E-state index is -0.361. The number of methoxy groups -OCH3 is 1. The van der Waals surface area contributed by atoms with E-state index in [4.69, 9.17) is 15.2 Å². The molecule has 2 N–H and O–H groups in total. The third-order valence-corrected chi connectivity index (χ3v) is 3.70. The fourth-order valence-electron chi connectivity index (χ4n) is 2.50. The molecule has 1 aliphatic rings. The molecule has 0 aromatic rings. The first-order valence-electron chi connectivity index (χ1n) is 9.01. The molecule has 1 unspecified atom stereocenters. The summed E-state index contributed by atoms with van der Waals surface area (Å²) in [6.07, 6.45) is 6.99. The van der Waals surface area contributed by atoms with Gasteiger partial charge in [-0.1, -0.05) is 19.8 Å². The lowest BCUT2D eigenvalue weighted by molar-refractivity contribution is 0.0295. The molecule has 0 spiro atoms. The van der Waals surface area contributed by atoms with E-state index in [0.29, 0.717) is 5.92 Å². The van der Waals surface area contributed by atoms with Crippen molar-refractivity contribution in [1.29, 1.82) is 0 Å². The molecule has 0 aromatic carbocycles. The van der Waals surface area contributed by atoms with Crippen LogP contribution < -0.4 is 5.73 Å². The van der Waals surface area contributed by atoms with Crippen LogP contribution in [0.5, 0.6) is 0 Å². The first-order valence-corrected chi connectivity index (χ1v) is 9.01. The van der Waals surface area contributed by atoms with Crippen LogP contribution in [0.3, 0.4) is 0 Å². The number of nitrogens with zero attached hydrogens (tertiary/aromatic N) is 1. The van der Waals surface area contributed by atoms with Gasteiger partial charge in [0.1, 0.15) is 5.60 Å². The zero-order valence-electron chi connectivity index (χ0n) is 15.9. The molecule has 138 valence electrons. The largest absolute Gasteiger partial charge is 0.444 e. The van der Waals surface area contributed by atoms with Crippen molar-refractivity contribution in [1.82, 2.24) is 4.90 Å². The van der Waals surface area contributed by atoms with Gasteiger partial charge in [0, 0.05) is 26.8 Å². The maximum atomic E-state index is 11.4. The van der Waals surface area contributed by atoms with Crippen molar-refractivity contribution < 1.29 is 14.3 Å². The average molecular weight is 331 g/mol. The summed E-state index contributed by atoms with van der Waals surface area (Å²) in [5, 5.41) is 0. The van der Waals surface area contributed by atoms with Crippen molar-refractivity contribution in [3.63, 3.8) is 0 Å². The van der Waals surface area contributed by atoms with Crippen LogP contribution in [0.4, 0.5) is 4.79 Å². The second-order valence-electron chi connectivity index (χ2n) is 7.22. The Bertz CT molecular complexity index is 291. The summed E-state index contributed by atoms with van der Waals surface area (Å²) in [4.78, 5) is 13.1. The van der Waals surface area contributed by atoms with E-state index in [2.05, 4.69) is 6.92 Å². The second-order valence-corrected chi connectivity index (χ2v) is 7.22. The molecule has 1 saturated heterocycles. The maximum absolute atomic E-state index is 11.4. The molecule has 0 aliphatic carbocycles. The van der Waals surface area contributed by atoms with E-state index in [1.807, 2.05) is 20.8 Å². The van der Waals surface area contributed by atoms with Crippen LogP contribution in [0.15, 0.2) is 0 Å². The number of hydrogen-bond acceptors (Lipinski definition) is 4. The van der Waals surface area contributed by atoms with Gasteiger partial charge in [-0.15, -0.1) is 0 Å². The lowest BCUT2D eigenvalue weighted by atomic mass is 10.00. The monoisotopic (exact) mass is 330 g/mol. The van der Waals surface area contributed by atoms with Crippen molar-refractivity contribution in [2.45, 2.75) is 71.8 Å². The highest BCUT2D eigenvalue weighted by molar-refractivity contribution is 5.68. The predicted octanol–water partition coefficient (Wildman–Crippen LogP) is 3.81. The molecule has 1 rings (SSSR count). The summed E-state index contributed by atoms with van der Waals surface area (Å²) in [6, 6.07) is 0. The van der Waals surface area contributed by atoms with Crippen molar-refractivity contribution in [2.75, 3.05) is 33.4 Å². The number of unbranched alkanes of at least 4 members (excludes halogenated alkanes) is 1. The van der Waals surface area contributed by atoms with Crippen LogP contribution in [-0.2, 0) is 9.47 Å². The van der Waals surface area contributed by atoms with Crippen molar-refractivity contribution in [2.24, 2.45) is 11.7 Å².